The number of halogens is 2. The van der Waals surface area contributed by atoms with Gasteiger partial charge in [0, 0.05) is 24.0 Å². The second-order valence-electron chi connectivity index (χ2n) is 6.26. The number of ether oxygens (including phenoxy) is 1. The Balaban J connectivity index is 0.00000243. The Morgan fingerprint density at radius 3 is 2.62 bits per heavy atom. The molecule has 140 valence electrons. The predicted molar refractivity (Wildman–Crippen MR) is 107 cm³/mol. The molecule has 1 saturated heterocycles. The van der Waals surface area contributed by atoms with E-state index in [1.54, 1.807) is 0 Å². The highest BCUT2D eigenvalue weighted by atomic mass is 35.5. The van der Waals surface area contributed by atoms with E-state index in [9.17, 15) is 4.79 Å². The average molecular weight is 395 g/mol. The summed E-state index contributed by atoms with van der Waals surface area (Å²) in [5.74, 6) is 0.0175. The Bertz CT molecular complexity index is 691. The lowest BCUT2D eigenvalue weighted by molar-refractivity contribution is -0.123. The number of morpholine rings is 1. The number of benzene rings is 2. The molecule has 0 aromatic heterocycles. The first kappa shape index (κ1) is 20.7. The van der Waals surface area contributed by atoms with Crippen LogP contribution in [0.15, 0.2) is 54.6 Å². The zero-order valence-electron chi connectivity index (χ0n) is 14.5. The summed E-state index contributed by atoms with van der Waals surface area (Å²) in [7, 11) is 0. The fourth-order valence-corrected chi connectivity index (χ4v) is 3.26. The van der Waals surface area contributed by atoms with Gasteiger partial charge in [0.25, 0.3) is 0 Å². The second-order valence-corrected chi connectivity index (χ2v) is 6.66. The Kier molecular flexibility index (Phi) is 8.39. The van der Waals surface area contributed by atoms with Crippen LogP contribution in [0.1, 0.15) is 23.6 Å². The van der Waals surface area contributed by atoms with E-state index in [4.69, 9.17) is 16.3 Å². The molecule has 0 bridgehead atoms. The molecule has 0 spiro atoms. The molecule has 2 unspecified atom stereocenters. The number of carbonyl (C=O) groups is 1. The van der Waals surface area contributed by atoms with Gasteiger partial charge in [-0.1, -0.05) is 60.1 Å². The van der Waals surface area contributed by atoms with E-state index in [2.05, 4.69) is 10.6 Å². The Morgan fingerprint density at radius 2 is 1.92 bits per heavy atom. The molecule has 26 heavy (non-hydrogen) atoms. The largest absolute Gasteiger partial charge is 0.378 e. The molecule has 1 aliphatic heterocycles. The van der Waals surface area contributed by atoms with Crippen molar-refractivity contribution in [2.24, 2.45) is 0 Å². The molecule has 2 atom stereocenters. The fraction of sp³-hybridized carbons (Fsp3) is 0.350. The Morgan fingerprint density at radius 1 is 1.19 bits per heavy atom. The van der Waals surface area contributed by atoms with Crippen LogP contribution in [-0.2, 0) is 16.0 Å². The van der Waals surface area contributed by atoms with Gasteiger partial charge >= 0.3 is 0 Å². The third-order valence-electron chi connectivity index (χ3n) is 4.35. The Labute approximate surface area is 165 Å². The summed E-state index contributed by atoms with van der Waals surface area (Å²) in [4.78, 5) is 12.5. The molecule has 0 saturated carbocycles. The quantitative estimate of drug-likeness (QED) is 0.787. The van der Waals surface area contributed by atoms with Crippen LogP contribution in [0.2, 0.25) is 5.02 Å². The lowest BCUT2D eigenvalue weighted by Crippen LogP contribution is -2.44. The highest BCUT2D eigenvalue weighted by Gasteiger charge is 2.21. The minimum Gasteiger partial charge on any atom is -0.378 e. The van der Waals surface area contributed by atoms with Crippen molar-refractivity contribution in [2.45, 2.75) is 24.9 Å². The van der Waals surface area contributed by atoms with Crippen LogP contribution >= 0.6 is 24.0 Å². The maximum Gasteiger partial charge on any atom is 0.222 e. The van der Waals surface area contributed by atoms with Gasteiger partial charge in [0.05, 0.1) is 19.3 Å². The van der Waals surface area contributed by atoms with Gasteiger partial charge < -0.3 is 15.4 Å². The maximum atomic E-state index is 12.5. The molecule has 1 heterocycles. The van der Waals surface area contributed by atoms with Crippen molar-refractivity contribution >= 4 is 29.9 Å². The van der Waals surface area contributed by atoms with E-state index < -0.39 is 0 Å². The number of hydrogen-bond donors (Lipinski definition) is 2. The van der Waals surface area contributed by atoms with E-state index in [-0.39, 0.29) is 30.4 Å². The normalized spacial score (nSPS) is 17.8. The highest BCUT2D eigenvalue weighted by Crippen LogP contribution is 2.23. The number of amides is 1. The average Bonchev–Trinajstić information content (AvgIpc) is 2.64. The smallest absolute Gasteiger partial charge is 0.222 e. The van der Waals surface area contributed by atoms with Gasteiger partial charge in [0.1, 0.15) is 0 Å². The molecule has 0 radical (unpaired) electrons. The molecule has 3 rings (SSSR count). The molecule has 6 heteroatoms. The molecule has 2 N–H and O–H groups in total. The molecule has 4 nitrogen and oxygen atoms in total. The number of rotatable bonds is 6. The van der Waals surface area contributed by atoms with Crippen LogP contribution in [0, 0.1) is 0 Å². The van der Waals surface area contributed by atoms with Gasteiger partial charge in [-0.3, -0.25) is 4.79 Å². The lowest BCUT2D eigenvalue weighted by Gasteiger charge is -2.25. The number of hydrogen-bond acceptors (Lipinski definition) is 3. The van der Waals surface area contributed by atoms with Gasteiger partial charge in [-0.25, -0.2) is 0 Å². The van der Waals surface area contributed by atoms with E-state index in [0.717, 1.165) is 22.7 Å². The molecule has 0 aliphatic carbocycles. The summed E-state index contributed by atoms with van der Waals surface area (Å²) in [5, 5.41) is 7.20. The molecule has 2 aromatic rings. The monoisotopic (exact) mass is 394 g/mol. The van der Waals surface area contributed by atoms with Crippen LogP contribution in [0.25, 0.3) is 0 Å². The van der Waals surface area contributed by atoms with E-state index in [1.165, 1.54) is 0 Å². The van der Waals surface area contributed by atoms with Gasteiger partial charge in [0.15, 0.2) is 0 Å². The van der Waals surface area contributed by atoms with Crippen LogP contribution in [0.5, 0.6) is 0 Å². The molecular weight excluding hydrogens is 371 g/mol. The van der Waals surface area contributed by atoms with Crippen molar-refractivity contribution in [2.75, 3.05) is 19.8 Å². The first-order chi connectivity index (χ1) is 12.2. The maximum absolute atomic E-state index is 12.5. The standard InChI is InChI=1S/C20H23ClN2O2.ClH/c21-18-9-5-4-8-16(18)12-19(15-6-2-1-3-7-15)23-20(24)13-17-14-25-11-10-22-17;/h1-9,17,19,22H,10-14H2,(H,23,24);1H. The van der Waals surface area contributed by atoms with Crippen LogP contribution in [-0.4, -0.2) is 31.7 Å². The lowest BCUT2D eigenvalue weighted by atomic mass is 9.98. The number of carbonyl (C=O) groups excluding carboxylic acids is 1. The van der Waals surface area contributed by atoms with E-state index >= 15 is 0 Å². The van der Waals surface area contributed by atoms with Crippen molar-refractivity contribution in [3.05, 3.63) is 70.7 Å². The minimum absolute atomic E-state index is 0. The molecule has 1 amide bonds. The third-order valence-corrected chi connectivity index (χ3v) is 4.72. The second kappa shape index (κ2) is 10.5. The van der Waals surface area contributed by atoms with Crippen molar-refractivity contribution in [1.29, 1.82) is 0 Å². The zero-order chi connectivity index (χ0) is 17.5. The predicted octanol–water partition coefficient (Wildman–Crippen LogP) is 3.54. The van der Waals surface area contributed by atoms with Crippen LogP contribution in [0.3, 0.4) is 0 Å². The van der Waals surface area contributed by atoms with Crippen molar-refractivity contribution in [3.63, 3.8) is 0 Å². The summed E-state index contributed by atoms with van der Waals surface area (Å²) in [6.07, 6.45) is 1.07. The van der Waals surface area contributed by atoms with Crippen molar-refractivity contribution in [1.82, 2.24) is 10.6 Å². The number of nitrogens with one attached hydrogen (secondary N) is 2. The summed E-state index contributed by atoms with van der Waals surface area (Å²) in [6, 6.07) is 17.7. The van der Waals surface area contributed by atoms with Crippen LogP contribution in [0.4, 0.5) is 0 Å². The first-order valence-electron chi connectivity index (χ1n) is 8.61. The summed E-state index contributed by atoms with van der Waals surface area (Å²) in [6.45, 7) is 2.07. The molecule has 1 aliphatic rings. The SMILES string of the molecule is Cl.O=C(CC1COCCN1)NC(Cc1ccccc1Cl)c1ccccc1. The Hall–Kier alpha value is -1.59. The van der Waals surface area contributed by atoms with Gasteiger partial charge in [0.2, 0.25) is 5.91 Å². The van der Waals surface area contributed by atoms with Gasteiger partial charge in [-0.2, -0.15) is 0 Å². The van der Waals surface area contributed by atoms with E-state index in [0.29, 0.717) is 26.1 Å². The topological polar surface area (TPSA) is 50.4 Å². The van der Waals surface area contributed by atoms with Crippen molar-refractivity contribution in [3.8, 4) is 0 Å². The summed E-state index contributed by atoms with van der Waals surface area (Å²) < 4.78 is 5.42. The summed E-state index contributed by atoms with van der Waals surface area (Å²) >= 11 is 6.31. The molecule has 1 fully saturated rings. The van der Waals surface area contributed by atoms with Gasteiger partial charge in [-0.15, -0.1) is 12.4 Å². The van der Waals surface area contributed by atoms with Crippen molar-refractivity contribution < 1.29 is 9.53 Å². The molecular formula is C20H24Cl2N2O2. The third kappa shape index (κ3) is 5.99. The fourth-order valence-electron chi connectivity index (χ4n) is 3.05. The molecule has 2 aromatic carbocycles. The van der Waals surface area contributed by atoms with Crippen LogP contribution < -0.4 is 10.6 Å². The van der Waals surface area contributed by atoms with E-state index in [1.807, 2.05) is 54.6 Å². The highest BCUT2D eigenvalue weighted by molar-refractivity contribution is 6.31. The first-order valence-corrected chi connectivity index (χ1v) is 8.99. The van der Waals surface area contributed by atoms with Gasteiger partial charge in [-0.05, 0) is 23.6 Å². The summed E-state index contributed by atoms with van der Waals surface area (Å²) in [5.41, 5.74) is 2.10. The zero-order valence-corrected chi connectivity index (χ0v) is 16.1. The minimum atomic E-state index is -0.113.